The second-order valence-corrected chi connectivity index (χ2v) is 7.65. The lowest BCUT2D eigenvalue weighted by atomic mass is 9.92. The number of amides is 1. The molecule has 7 nitrogen and oxygen atoms in total. The van der Waals surface area contributed by atoms with Gasteiger partial charge < -0.3 is 15.6 Å². The Morgan fingerprint density at radius 3 is 2.84 bits per heavy atom. The summed E-state index contributed by atoms with van der Waals surface area (Å²) in [6, 6.07) is 10.4. The summed E-state index contributed by atoms with van der Waals surface area (Å²) in [5.41, 5.74) is 11.8. The number of benzene rings is 1. The first kappa shape index (κ1) is 20.5. The van der Waals surface area contributed by atoms with E-state index in [-0.39, 0.29) is 5.91 Å². The molecule has 0 bridgehead atoms. The van der Waals surface area contributed by atoms with Crippen molar-refractivity contribution in [3.05, 3.63) is 61.2 Å². The average Bonchev–Trinajstić information content (AvgIpc) is 3.16. The van der Waals surface area contributed by atoms with Gasteiger partial charge in [-0.25, -0.2) is 9.97 Å². The summed E-state index contributed by atoms with van der Waals surface area (Å²) < 4.78 is 2.33. The number of nitrogen functional groups attached to an aromatic ring is 1. The Bertz CT molecular complexity index is 1280. The van der Waals surface area contributed by atoms with E-state index in [0.29, 0.717) is 11.7 Å². The van der Waals surface area contributed by atoms with Gasteiger partial charge in [0.1, 0.15) is 17.8 Å². The Labute approximate surface area is 181 Å². The first-order valence-corrected chi connectivity index (χ1v) is 10.4. The van der Waals surface area contributed by atoms with Gasteiger partial charge >= 0.3 is 0 Å². The smallest absolute Gasteiger partial charge is 0.243 e. The van der Waals surface area contributed by atoms with Gasteiger partial charge in [-0.2, -0.15) is 0 Å². The number of nitrogens with zero attached hydrogens (tertiary/aromatic N) is 4. The standard InChI is InChI=1S/C20H19N5.C4H7NO/c1-12-5-4-8-25-18(12)16(17-19(21)23-11-24-20(17)25)14-9-13-6-2-3-7-15(13)22-10-14;1-3-4(6)5-2/h2-3,6-7,9-12H,4-5,8H2,1H3,(H2,21,23,24);3H,1H2,2H3,(H,5,6). The van der Waals surface area contributed by atoms with Crippen LogP contribution in [0.15, 0.2) is 55.5 Å². The summed E-state index contributed by atoms with van der Waals surface area (Å²) in [4.78, 5) is 23.4. The fourth-order valence-corrected chi connectivity index (χ4v) is 4.24. The molecule has 5 rings (SSSR count). The van der Waals surface area contributed by atoms with E-state index < -0.39 is 0 Å². The monoisotopic (exact) mass is 414 g/mol. The molecule has 31 heavy (non-hydrogen) atoms. The second kappa shape index (κ2) is 8.55. The van der Waals surface area contributed by atoms with Crippen LogP contribution in [0.3, 0.4) is 0 Å². The van der Waals surface area contributed by atoms with Crippen LogP contribution in [0.25, 0.3) is 33.1 Å². The highest BCUT2D eigenvalue weighted by Gasteiger charge is 2.28. The van der Waals surface area contributed by atoms with Crippen molar-refractivity contribution in [1.29, 1.82) is 0 Å². The minimum Gasteiger partial charge on any atom is -0.383 e. The number of fused-ring (bicyclic) bond motifs is 4. The van der Waals surface area contributed by atoms with Gasteiger partial charge in [-0.3, -0.25) is 9.78 Å². The number of hydrogen-bond acceptors (Lipinski definition) is 5. The molecule has 1 aromatic carbocycles. The zero-order chi connectivity index (χ0) is 22.0. The summed E-state index contributed by atoms with van der Waals surface area (Å²) >= 11 is 0. The largest absolute Gasteiger partial charge is 0.383 e. The molecule has 0 saturated heterocycles. The number of nitrogens with two attached hydrogens (primary N) is 1. The van der Waals surface area contributed by atoms with Crippen molar-refractivity contribution in [3.8, 4) is 11.1 Å². The van der Waals surface area contributed by atoms with Crippen molar-refractivity contribution < 1.29 is 4.79 Å². The Kier molecular flexibility index (Phi) is 5.66. The van der Waals surface area contributed by atoms with Crippen molar-refractivity contribution in [2.24, 2.45) is 0 Å². The number of nitrogens with one attached hydrogen (secondary N) is 1. The van der Waals surface area contributed by atoms with Crippen LogP contribution in [0, 0.1) is 0 Å². The minimum atomic E-state index is -0.144. The maximum Gasteiger partial charge on any atom is 0.243 e. The van der Waals surface area contributed by atoms with E-state index in [1.807, 2.05) is 24.4 Å². The van der Waals surface area contributed by atoms with E-state index in [0.717, 1.165) is 46.0 Å². The average molecular weight is 415 g/mol. The summed E-state index contributed by atoms with van der Waals surface area (Å²) in [7, 11) is 1.56. The molecule has 1 atom stereocenters. The van der Waals surface area contributed by atoms with E-state index in [2.05, 4.69) is 50.5 Å². The number of para-hydroxylation sites is 1. The van der Waals surface area contributed by atoms with Crippen LogP contribution in [-0.2, 0) is 11.3 Å². The molecule has 1 amide bonds. The summed E-state index contributed by atoms with van der Waals surface area (Å²) in [5, 5.41) is 4.45. The van der Waals surface area contributed by atoms with Crippen LogP contribution in [0.2, 0.25) is 0 Å². The fourth-order valence-electron chi connectivity index (χ4n) is 4.24. The lowest BCUT2D eigenvalue weighted by molar-refractivity contribution is -0.116. The Morgan fingerprint density at radius 2 is 2.10 bits per heavy atom. The molecule has 3 aromatic heterocycles. The first-order chi connectivity index (χ1) is 15.0. The lowest BCUT2D eigenvalue weighted by Crippen LogP contribution is -2.14. The van der Waals surface area contributed by atoms with Gasteiger partial charge in [-0.15, -0.1) is 0 Å². The summed E-state index contributed by atoms with van der Waals surface area (Å²) in [6.07, 6.45) is 7.08. The van der Waals surface area contributed by atoms with Gasteiger partial charge in [-0.1, -0.05) is 31.7 Å². The number of rotatable bonds is 2. The minimum absolute atomic E-state index is 0.144. The molecule has 7 heteroatoms. The molecule has 1 aliphatic rings. The van der Waals surface area contributed by atoms with Gasteiger partial charge in [0, 0.05) is 42.0 Å². The highest BCUT2D eigenvalue weighted by molar-refractivity contribution is 6.03. The molecular formula is C24H26N6O. The van der Waals surface area contributed by atoms with E-state index in [4.69, 9.17) is 5.73 Å². The molecule has 1 aliphatic heterocycles. The zero-order valence-electron chi connectivity index (χ0n) is 17.8. The maximum absolute atomic E-state index is 9.95. The Morgan fingerprint density at radius 1 is 1.29 bits per heavy atom. The number of anilines is 1. The maximum atomic E-state index is 9.95. The highest BCUT2D eigenvalue weighted by Crippen LogP contribution is 2.43. The van der Waals surface area contributed by atoms with Gasteiger partial charge in [0.2, 0.25) is 5.91 Å². The predicted molar refractivity (Wildman–Crippen MR) is 125 cm³/mol. The van der Waals surface area contributed by atoms with Gasteiger partial charge in [0.15, 0.2) is 0 Å². The summed E-state index contributed by atoms with van der Waals surface area (Å²) in [6.45, 7) is 6.48. The van der Waals surface area contributed by atoms with Crippen LogP contribution < -0.4 is 11.1 Å². The van der Waals surface area contributed by atoms with Crippen molar-refractivity contribution >= 4 is 33.7 Å². The molecule has 0 spiro atoms. The molecule has 1 unspecified atom stereocenters. The van der Waals surface area contributed by atoms with Crippen LogP contribution >= 0.6 is 0 Å². The molecule has 0 fully saturated rings. The lowest BCUT2D eigenvalue weighted by Gasteiger charge is -2.23. The molecule has 4 aromatic rings. The van der Waals surface area contributed by atoms with Crippen molar-refractivity contribution in [3.63, 3.8) is 0 Å². The number of aromatic nitrogens is 4. The summed E-state index contributed by atoms with van der Waals surface area (Å²) in [5.74, 6) is 0.862. The van der Waals surface area contributed by atoms with E-state index in [1.54, 1.807) is 13.4 Å². The fraction of sp³-hybridized carbons (Fsp3) is 0.250. The number of carbonyl (C=O) groups excluding carboxylic acids is 1. The number of likely N-dealkylation sites (N-methyl/N-ethyl adjacent to an activating group) is 1. The Balaban J connectivity index is 0.000000342. The Hall–Kier alpha value is -3.74. The third-order valence-corrected chi connectivity index (χ3v) is 5.71. The third-order valence-electron chi connectivity index (χ3n) is 5.71. The van der Waals surface area contributed by atoms with Crippen LogP contribution in [0.1, 0.15) is 31.4 Å². The molecule has 0 aliphatic carbocycles. The molecule has 0 radical (unpaired) electrons. The third kappa shape index (κ3) is 3.74. The molecule has 4 heterocycles. The van der Waals surface area contributed by atoms with Crippen molar-refractivity contribution in [2.75, 3.05) is 12.8 Å². The zero-order valence-corrected chi connectivity index (χ0v) is 17.8. The molecule has 0 saturated carbocycles. The molecular weight excluding hydrogens is 388 g/mol. The normalized spacial score (nSPS) is 15.1. The first-order valence-electron chi connectivity index (χ1n) is 10.4. The molecule has 3 N–H and O–H groups in total. The topological polar surface area (TPSA) is 98.7 Å². The molecule has 158 valence electrons. The van der Waals surface area contributed by atoms with Crippen LogP contribution in [0.5, 0.6) is 0 Å². The van der Waals surface area contributed by atoms with E-state index in [1.165, 1.54) is 18.2 Å². The van der Waals surface area contributed by atoms with E-state index in [9.17, 15) is 4.79 Å². The van der Waals surface area contributed by atoms with Gasteiger partial charge in [0.25, 0.3) is 0 Å². The van der Waals surface area contributed by atoms with Gasteiger partial charge in [0.05, 0.1) is 10.9 Å². The number of hydrogen-bond donors (Lipinski definition) is 2. The number of pyridine rings is 1. The number of aryl methyl sites for hydroxylation is 1. The predicted octanol–water partition coefficient (Wildman–Crippen LogP) is 4.04. The SMILES string of the molecule is C=CC(=O)NC.CC1CCCn2c1c(-c1cnc3ccccc3c1)c1c(N)ncnc12. The quantitative estimate of drug-likeness (QED) is 0.482. The van der Waals surface area contributed by atoms with Crippen molar-refractivity contribution in [2.45, 2.75) is 32.2 Å². The second-order valence-electron chi connectivity index (χ2n) is 7.65. The van der Waals surface area contributed by atoms with Gasteiger partial charge in [-0.05, 0) is 37.0 Å². The van der Waals surface area contributed by atoms with Crippen LogP contribution in [0.4, 0.5) is 5.82 Å². The highest BCUT2D eigenvalue weighted by atomic mass is 16.1. The van der Waals surface area contributed by atoms with Crippen LogP contribution in [-0.4, -0.2) is 32.5 Å². The van der Waals surface area contributed by atoms with E-state index >= 15 is 0 Å². The number of carbonyl (C=O) groups is 1. The van der Waals surface area contributed by atoms with Crippen molar-refractivity contribution in [1.82, 2.24) is 24.8 Å².